The molecular weight excluding hydrogens is 223 g/mol. The number of benzene rings is 1. The van der Waals surface area contributed by atoms with Gasteiger partial charge in [0.2, 0.25) is 0 Å². The number of nitrogens with zero attached hydrogens (tertiary/aromatic N) is 1. The van der Waals surface area contributed by atoms with Gasteiger partial charge < -0.3 is 4.74 Å². The number of esters is 1. The lowest BCUT2D eigenvalue weighted by Crippen LogP contribution is -2.01. The molecule has 0 spiro atoms. The first kappa shape index (κ1) is 9.92. The predicted octanol–water partition coefficient (Wildman–Crippen LogP) is 2.14. The Bertz CT molecular complexity index is 538. The van der Waals surface area contributed by atoms with Crippen LogP contribution in [0, 0.1) is 5.82 Å². The maximum Gasteiger partial charge on any atom is 0.338 e. The molecule has 2 aromatic rings. The van der Waals surface area contributed by atoms with Gasteiger partial charge in [0.05, 0.1) is 23.6 Å². The highest BCUT2D eigenvalue weighted by atomic mass is 35.5. The van der Waals surface area contributed by atoms with Gasteiger partial charge in [-0.3, -0.25) is 5.10 Å². The summed E-state index contributed by atoms with van der Waals surface area (Å²) in [7, 11) is 1.22. The van der Waals surface area contributed by atoms with Gasteiger partial charge in [-0.2, -0.15) is 5.10 Å². The molecule has 1 N–H and O–H groups in total. The molecule has 6 heteroatoms. The van der Waals surface area contributed by atoms with Gasteiger partial charge in [-0.25, -0.2) is 9.18 Å². The Hall–Kier alpha value is -1.62. The normalized spacial score (nSPS) is 10.6. The molecular formula is C9H6ClFN2O2. The molecule has 0 atom stereocenters. The number of rotatable bonds is 1. The van der Waals surface area contributed by atoms with Crippen molar-refractivity contribution in [3.05, 3.63) is 28.7 Å². The number of hydrogen-bond donors (Lipinski definition) is 1. The Morgan fingerprint density at radius 3 is 3.00 bits per heavy atom. The molecule has 0 saturated heterocycles. The summed E-state index contributed by atoms with van der Waals surface area (Å²) in [5.41, 5.74) is 0.395. The van der Waals surface area contributed by atoms with Crippen molar-refractivity contribution in [2.24, 2.45) is 0 Å². The van der Waals surface area contributed by atoms with E-state index >= 15 is 0 Å². The summed E-state index contributed by atoms with van der Waals surface area (Å²) in [6.07, 6.45) is 0. The number of nitrogens with one attached hydrogen (secondary N) is 1. The van der Waals surface area contributed by atoms with E-state index in [1.54, 1.807) is 0 Å². The molecule has 0 radical (unpaired) electrons. The number of carbonyl (C=O) groups is 1. The minimum absolute atomic E-state index is 0.102. The molecule has 0 amide bonds. The quantitative estimate of drug-likeness (QED) is 0.761. The van der Waals surface area contributed by atoms with E-state index in [2.05, 4.69) is 14.9 Å². The maximum atomic E-state index is 13.5. The van der Waals surface area contributed by atoms with E-state index in [-0.39, 0.29) is 16.1 Å². The van der Waals surface area contributed by atoms with E-state index in [9.17, 15) is 9.18 Å². The van der Waals surface area contributed by atoms with Crippen LogP contribution in [0.2, 0.25) is 5.15 Å². The summed E-state index contributed by atoms with van der Waals surface area (Å²) in [5.74, 6) is -1.22. The summed E-state index contributed by atoms with van der Waals surface area (Å²) >= 11 is 5.67. The van der Waals surface area contributed by atoms with Crippen LogP contribution < -0.4 is 0 Å². The molecule has 1 heterocycles. The second-order valence-corrected chi connectivity index (χ2v) is 3.26. The standard InChI is InChI=1S/C9H6ClFN2O2/c1-15-9(14)4-2-5(11)7-6(3-4)12-13-8(7)10/h2-3H,1H3,(H,12,13). The molecule has 0 fully saturated rings. The van der Waals surface area contributed by atoms with Crippen LogP contribution in [0.25, 0.3) is 10.9 Å². The maximum absolute atomic E-state index is 13.5. The van der Waals surface area contributed by atoms with E-state index in [1.165, 1.54) is 13.2 Å². The van der Waals surface area contributed by atoms with Crippen molar-refractivity contribution >= 4 is 28.5 Å². The monoisotopic (exact) mass is 228 g/mol. The Morgan fingerprint density at radius 1 is 1.60 bits per heavy atom. The number of carbonyl (C=O) groups excluding carboxylic acids is 1. The Labute approximate surface area is 89.0 Å². The smallest absolute Gasteiger partial charge is 0.338 e. The van der Waals surface area contributed by atoms with Gasteiger partial charge in [0.25, 0.3) is 0 Å². The lowest BCUT2D eigenvalue weighted by molar-refractivity contribution is 0.0600. The minimum Gasteiger partial charge on any atom is -0.465 e. The van der Waals surface area contributed by atoms with Crippen LogP contribution in [0.15, 0.2) is 12.1 Å². The van der Waals surface area contributed by atoms with Crippen LogP contribution in [0.1, 0.15) is 10.4 Å². The van der Waals surface area contributed by atoms with Crippen molar-refractivity contribution in [2.75, 3.05) is 7.11 Å². The zero-order valence-electron chi connectivity index (χ0n) is 7.67. The molecule has 1 aromatic heterocycles. The molecule has 0 aliphatic rings. The number of methoxy groups -OCH3 is 1. The summed E-state index contributed by atoms with van der Waals surface area (Å²) < 4.78 is 18.0. The number of fused-ring (bicyclic) bond motifs is 1. The number of ether oxygens (including phenoxy) is 1. The van der Waals surface area contributed by atoms with Gasteiger partial charge in [-0.05, 0) is 12.1 Å². The third kappa shape index (κ3) is 1.55. The largest absolute Gasteiger partial charge is 0.465 e. The minimum atomic E-state index is -0.616. The average Bonchev–Trinajstić information content (AvgIpc) is 2.59. The molecule has 0 aliphatic heterocycles. The first-order valence-electron chi connectivity index (χ1n) is 4.05. The highest BCUT2D eigenvalue weighted by Crippen LogP contribution is 2.25. The fraction of sp³-hybridized carbons (Fsp3) is 0.111. The summed E-state index contributed by atoms with van der Waals surface area (Å²) in [5, 5.41) is 6.46. The molecule has 1 aromatic carbocycles. The SMILES string of the molecule is COC(=O)c1cc(F)c2c(Cl)[nH]nc2c1. The number of H-pyrrole nitrogens is 1. The van der Waals surface area contributed by atoms with Crippen LogP contribution in [0.4, 0.5) is 4.39 Å². The van der Waals surface area contributed by atoms with E-state index in [0.29, 0.717) is 5.52 Å². The number of aromatic nitrogens is 2. The number of hydrogen-bond acceptors (Lipinski definition) is 3. The molecule has 0 bridgehead atoms. The van der Waals surface area contributed by atoms with Gasteiger partial charge in [-0.15, -0.1) is 0 Å². The highest BCUT2D eigenvalue weighted by molar-refractivity contribution is 6.34. The zero-order valence-corrected chi connectivity index (χ0v) is 8.43. The Balaban J connectivity index is 2.68. The van der Waals surface area contributed by atoms with Gasteiger partial charge >= 0.3 is 5.97 Å². The van der Waals surface area contributed by atoms with E-state index in [0.717, 1.165) is 6.07 Å². The average molecular weight is 229 g/mol. The van der Waals surface area contributed by atoms with Crippen LogP contribution in [-0.4, -0.2) is 23.3 Å². The lowest BCUT2D eigenvalue weighted by atomic mass is 10.1. The van der Waals surface area contributed by atoms with Gasteiger partial charge in [0.15, 0.2) is 0 Å². The second kappa shape index (κ2) is 3.51. The van der Waals surface area contributed by atoms with Gasteiger partial charge in [0.1, 0.15) is 11.0 Å². The first-order valence-corrected chi connectivity index (χ1v) is 4.42. The molecule has 0 aliphatic carbocycles. The molecule has 0 saturated carbocycles. The van der Waals surface area contributed by atoms with Crippen molar-refractivity contribution < 1.29 is 13.9 Å². The van der Waals surface area contributed by atoms with E-state index in [1.807, 2.05) is 0 Å². The van der Waals surface area contributed by atoms with E-state index < -0.39 is 11.8 Å². The van der Waals surface area contributed by atoms with Crippen LogP contribution in [-0.2, 0) is 4.74 Å². The summed E-state index contributed by atoms with van der Waals surface area (Å²) in [6.45, 7) is 0. The van der Waals surface area contributed by atoms with Crippen molar-refractivity contribution in [2.45, 2.75) is 0 Å². The Morgan fingerprint density at radius 2 is 2.33 bits per heavy atom. The fourth-order valence-corrected chi connectivity index (χ4v) is 1.53. The summed E-state index contributed by atoms with van der Waals surface area (Å²) in [4.78, 5) is 11.2. The lowest BCUT2D eigenvalue weighted by Gasteiger charge is -1.99. The molecule has 0 unspecified atom stereocenters. The van der Waals surface area contributed by atoms with Gasteiger partial charge in [-0.1, -0.05) is 11.6 Å². The van der Waals surface area contributed by atoms with Crippen molar-refractivity contribution in [3.8, 4) is 0 Å². The van der Waals surface area contributed by atoms with Crippen LogP contribution in [0.3, 0.4) is 0 Å². The van der Waals surface area contributed by atoms with E-state index in [4.69, 9.17) is 11.6 Å². The van der Waals surface area contributed by atoms with Crippen molar-refractivity contribution in [1.82, 2.24) is 10.2 Å². The third-order valence-corrected chi connectivity index (χ3v) is 2.26. The molecule has 4 nitrogen and oxygen atoms in total. The molecule has 15 heavy (non-hydrogen) atoms. The first-order chi connectivity index (χ1) is 7.13. The fourth-order valence-electron chi connectivity index (χ4n) is 1.30. The van der Waals surface area contributed by atoms with Crippen molar-refractivity contribution in [3.63, 3.8) is 0 Å². The molecule has 2 rings (SSSR count). The topological polar surface area (TPSA) is 55.0 Å². The van der Waals surface area contributed by atoms with Crippen LogP contribution >= 0.6 is 11.6 Å². The van der Waals surface area contributed by atoms with Gasteiger partial charge in [0, 0.05) is 0 Å². The number of halogens is 2. The highest BCUT2D eigenvalue weighted by Gasteiger charge is 2.14. The molecule has 78 valence electrons. The zero-order chi connectivity index (χ0) is 11.0. The third-order valence-electron chi connectivity index (χ3n) is 1.98. The summed E-state index contributed by atoms with van der Waals surface area (Å²) in [6, 6.07) is 2.47. The number of aromatic amines is 1. The Kier molecular flexibility index (Phi) is 2.32. The van der Waals surface area contributed by atoms with Crippen molar-refractivity contribution in [1.29, 1.82) is 0 Å². The second-order valence-electron chi connectivity index (χ2n) is 2.88. The van der Waals surface area contributed by atoms with Crippen LogP contribution in [0.5, 0.6) is 0 Å². The predicted molar refractivity (Wildman–Crippen MR) is 52.4 cm³/mol.